The first-order valence-corrected chi connectivity index (χ1v) is 8.38. The molecule has 25 heavy (non-hydrogen) atoms. The summed E-state index contributed by atoms with van der Waals surface area (Å²) >= 11 is 0. The van der Waals surface area contributed by atoms with Gasteiger partial charge in [0.1, 0.15) is 0 Å². The lowest BCUT2D eigenvalue weighted by molar-refractivity contribution is 1.25. The Kier molecular flexibility index (Phi) is 4.13. The highest BCUT2D eigenvalue weighted by Gasteiger charge is 2.15. The fraction of sp³-hybridized carbons (Fsp3) is 0. The molecule has 0 aliphatic carbocycles. The Balaban J connectivity index is 1.98. The van der Waals surface area contributed by atoms with Gasteiger partial charge in [-0.25, -0.2) is 4.98 Å². The van der Waals surface area contributed by atoms with E-state index in [2.05, 4.69) is 36.4 Å². The first kappa shape index (κ1) is 15.3. The van der Waals surface area contributed by atoms with Gasteiger partial charge in [-0.05, 0) is 0 Å². The van der Waals surface area contributed by atoms with Gasteiger partial charge < -0.3 is 0 Å². The van der Waals surface area contributed by atoms with Gasteiger partial charge in [-0.1, -0.05) is 91.0 Å². The van der Waals surface area contributed by atoms with Crippen molar-refractivity contribution in [2.75, 3.05) is 0 Å². The summed E-state index contributed by atoms with van der Waals surface area (Å²) in [4.78, 5) is 9.96. The van der Waals surface area contributed by atoms with Crippen LogP contribution in [0.4, 0.5) is 0 Å². The Hall–Kier alpha value is -3.20. The molecule has 0 fully saturated rings. The molecule has 118 valence electrons. The van der Waals surface area contributed by atoms with E-state index in [1.54, 1.807) is 0 Å². The molecule has 0 saturated carbocycles. The molecule has 0 atom stereocenters. The van der Waals surface area contributed by atoms with Gasteiger partial charge in [-0.2, -0.15) is 0 Å². The second-order valence-electron chi connectivity index (χ2n) is 5.95. The highest BCUT2D eigenvalue weighted by molar-refractivity contribution is 6.34. The predicted molar refractivity (Wildman–Crippen MR) is 107 cm³/mol. The maximum atomic E-state index is 5.03. The van der Waals surface area contributed by atoms with Gasteiger partial charge in [0.2, 0.25) is 0 Å². The van der Waals surface area contributed by atoms with Crippen LogP contribution in [0.2, 0.25) is 0 Å². The van der Waals surface area contributed by atoms with Gasteiger partial charge in [0.15, 0.2) is 7.85 Å². The van der Waals surface area contributed by atoms with Gasteiger partial charge in [0, 0.05) is 22.3 Å². The SMILES string of the molecule is Bc1nc(-c2ccccc2)c(-c2ccccc2)nc1-c1ccccc1. The lowest BCUT2D eigenvalue weighted by Crippen LogP contribution is -2.16. The normalized spacial score (nSPS) is 10.6. The third-order valence-corrected chi connectivity index (χ3v) is 4.21. The van der Waals surface area contributed by atoms with Gasteiger partial charge in [-0.15, -0.1) is 0 Å². The third-order valence-electron chi connectivity index (χ3n) is 4.21. The molecule has 0 spiro atoms. The predicted octanol–water partition coefficient (Wildman–Crippen LogP) is 3.74. The molecule has 0 aliphatic heterocycles. The van der Waals surface area contributed by atoms with E-state index in [9.17, 15) is 0 Å². The van der Waals surface area contributed by atoms with Crippen molar-refractivity contribution in [2.24, 2.45) is 0 Å². The van der Waals surface area contributed by atoms with Crippen LogP contribution in [0.5, 0.6) is 0 Å². The fourth-order valence-corrected chi connectivity index (χ4v) is 2.98. The van der Waals surface area contributed by atoms with Crippen LogP contribution in [-0.4, -0.2) is 17.8 Å². The van der Waals surface area contributed by atoms with Crippen LogP contribution in [0.25, 0.3) is 33.8 Å². The number of hydrogen-bond donors (Lipinski definition) is 0. The van der Waals surface area contributed by atoms with Gasteiger partial charge in [-0.3, -0.25) is 4.98 Å². The molecule has 1 aromatic heterocycles. The molecule has 0 bridgehead atoms. The lowest BCUT2D eigenvalue weighted by atomic mass is 9.94. The Morgan fingerprint density at radius 2 is 0.800 bits per heavy atom. The largest absolute Gasteiger partial charge is 0.259 e. The molecule has 1 heterocycles. The summed E-state index contributed by atoms with van der Waals surface area (Å²) < 4.78 is 0. The van der Waals surface area contributed by atoms with Crippen molar-refractivity contribution in [3.05, 3.63) is 91.0 Å². The number of aromatic nitrogens is 2. The van der Waals surface area contributed by atoms with Crippen molar-refractivity contribution in [1.29, 1.82) is 0 Å². The van der Waals surface area contributed by atoms with E-state index in [0.29, 0.717) is 0 Å². The molecule has 0 aliphatic rings. The molecule has 0 N–H and O–H groups in total. The Morgan fingerprint density at radius 1 is 0.440 bits per heavy atom. The van der Waals surface area contributed by atoms with Crippen LogP contribution in [0.15, 0.2) is 91.0 Å². The molecule has 4 aromatic rings. The van der Waals surface area contributed by atoms with Crippen molar-refractivity contribution >= 4 is 13.4 Å². The van der Waals surface area contributed by atoms with Gasteiger partial charge >= 0.3 is 0 Å². The highest BCUT2D eigenvalue weighted by atomic mass is 14.8. The summed E-state index contributed by atoms with van der Waals surface area (Å²) in [6, 6.07) is 30.7. The third kappa shape index (κ3) is 3.09. The molecule has 2 nitrogen and oxygen atoms in total. The van der Waals surface area contributed by atoms with E-state index >= 15 is 0 Å². The molecule has 0 amide bonds. The first-order chi connectivity index (χ1) is 12.3. The summed E-state index contributed by atoms with van der Waals surface area (Å²) in [5, 5.41) is 0. The molecular formula is C22H17BN2. The van der Waals surface area contributed by atoms with Crippen LogP contribution in [-0.2, 0) is 0 Å². The number of benzene rings is 3. The van der Waals surface area contributed by atoms with Crippen LogP contribution >= 0.6 is 0 Å². The molecule has 0 radical (unpaired) electrons. The van der Waals surface area contributed by atoms with Crippen molar-refractivity contribution < 1.29 is 0 Å². The molecule has 4 rings (SSSR count). The Morgan fingerprint density at radius 3 is 1.24 bits per heavy atom. The van der Waals surface area contributed by atoms with E-state index < -0.39 is 0 Å². The monoisotopic (exact) mass is 320 g/mol. The zero-order valence-electron chi connectivity index (χ0n) is 14.1. The fourth-order valence-electron chi connectivity index (χ4n) is 2.98. The summed E-state index contributed by atoms with van der Waals surface area (Å²) in [6.45, 7) is 0. The van der Waals surface area contributed by atoms with E-state index in [0.717, 1.165) is 39.4 Å². The number of rotatable bonds is 3. The highest BCUT2D eigenvalue weighted by Crippen LogP contribution is 2.29. The van der Waals surface area contributed by atoms with Crippen molar-refractivity contribution in [2.45, 2.75) is 0 Å². The number of hydrogen-bond acceptors (Lipinski definition) is 2. The second kappa shape index (κ2) is 6.74. The van der Waals surface area contributed by atoms with Crippen LogP contribution in [0.3, 0.4) is 0 Å². The Bertz CT molecular complexity index is 984. The van der Waals surface area contributed by atoms with E-state index in [-0.39, 0.29) is 0 Å². The Labute approximate surface area is 148 Å². The van der Waals surface area contributed by atoms with Gasteiger partial charge in [0.25, 0.3) is 0 Å². The second-order valence-corrected chi connectivity index (χ2v) is 5.95. The van der Waals surface area contributed by atoms with E-state index in [1.165, 1.54) is 0 Å². The van der Waals surface area contributed by atoms with E-state index in [1.807, 2.05) is 62.4 Å². The van der Waals surface area contributed by atoms with Crippen molar-refractivity contribution in [3.63, 3.8) is 0 Å². The molecule has 0 unspecified atom stereocenters. The zero-order chi connectivity index (χ0) is 17.1. The maximum Gasteiger partial charge on any atom is 0.166 e. The minimum atomic E-state index is 0.913. The minimum absolute atomic E-state index is 0.913. The van der Waals surface area contributed by atoms with E-state index in [4.69, 9.17) is 9.97 Å². The first-order valence-electron chi connectivity index (χ1n) is 8.38. The van der Waals surface area contributed by atoms with Crippen molar-refractivity contribution in [1.82, 2.24) is 9.97 Å². The van der Waals surface area contributed by atoms with Gasteiger partial charge in [0.05, 0.1) is 17.1 Å². The summed E-state index contributed by atoms with van der Waals surface area (Å²) in [5.41, 5.74) is 6.94. The number of nitrogens with zero attached hydrogens (tertiary/aromatic N) is 2. The topological polar surface area (TPSA) is 25.8 Å². The molecular weight excluding hydrogens is 303 g/mol. The quantitative estimate of drug-likeness (QED) is 0.538. The molecule has 0 saturated heterocycles. The van der Waals surface area contributed by atoms with Crippen LogP contribution < -0.4 is 5.59 Å². The minimum Gasteiger partial charge on any atom is -0.259 e. The average Bonchev–Trinajstić information content (AvgIpc) is 2.70. The smallest absolute Gasteiger partial charge is 0.166 e. The zero-order valence-corrected chi connectivity index (χ0v) is 14.1. The summed E-state index contributed by atoms with van der Waals surface area (Å²) in [6.07, 6.45) is 0. The molecule has 3 aromatic carbocycles. The van der Waals surface area contributed by atoms with Crippen LogP contribution in [0, 0.1) is 0 Å². The maximum absolute atomic E-state index is 5.03. The molecule has 3 heteroatoms. The average molecular weight is 320 g/mol. The van der Waals surface area contributed by atoms with Crippen LogP contribution in [0.1, 0.15) is 0 Å². The summed E-state index contributed by atoms with van der Waals surface area (Å²) in [7, 11) is 2.02. The van der Waals surface area contributed by atoms with Crippen molar-refractivity contribution in [3.8, 4) is 33.8 Å². The lowest BCUT2D eigenvalue weighted by Gasteiger charge is -2.14. The summed E-state index contributed by atoms with van der Waals surface area (Å²) in [5.74, 6) is 0. The standard InChI is InChI=1S/C22H17BN2/c23-22-21(18-14-8-3-9-15-18)24-19(16-10-4-1-5-11-16)20(25-22)17-12-6-2-7-13-17/h1-15H,23H2.